The lowest BCUT2D eigenvalue weighted by atomic mass is 9.86. The van der Waals surface area contributed by atoms with Crippen molar-refractivity contribution >= 4 is 21.6 Å². The van der Waals surface area contributed by atoms with Crippen LogP contribution in [0.15, 0.2) is 66.7 Å². The quantitative estimate of drug-likeness (QED) is 0.388. The van der Waals surface area contributed by atoms with Gasteiger partial charge < -0.3 is 4.74 Å². The third-order valence-corrected chi connectivity index (χ3v) is 5.88. The molecule has 0 radical (unpaired) electrons. The highest BCUT2D eigenvalue weighted by molar-refractivity contribution is 7.21. The minimum atomic E-state index is 0.157. The highest BCUT2D eigenvalue weighted by Gasteiger charge is 2.15. The van der Waals surface area contributed by atoms with Gasteiger partial charge in [-0.15, -0.1) is 11.3 Å². The van der Waals surface area contributed by atoms with Gasteiger partial charge in [-0.3, -0.25) is 0 Å². The van der Waals surface area contributed by atoms with Gasteiger partial charge in [0.2, 0.25) is 0 Å². The molecule has 2 nitrogen and oxygen atoms in total. The summed E-state index contributed by atoms with van der Waals surface area (Å²) in [6.07, 6.45) is 0. The average Bonchev–Trinajstić information content (AvgIpc) is 3.11. The van der Waals surface area contributed by atoms with Crippen molar-refractivity contribution in [2.75, 3.05) is 7.11 Å². The molecule has 0 bridgehead atoms. The standard InChI is InChI=1S/C24H23NOS/c1-24(2,3)18-12-9-16(10-13-18)17-11-14-21(26-4)19(15-17)23-25-20-7-5-6-8-22(20)27-23/h5-15H,1-4H3. The van der Waals surface area contributed by atoms with Crippen LogP contribution in [0.4, 0.5) is 0 Å². The SMILES string of the molecule is COc1ccc(-c2ccc(C(C)(C)C)cc2)cc1-c1nc2ccccc2s1. The zero-order chi connectivity index (χ0) is 19.0. The second-order valence-corrected chi connectivity index (χ2v) is 8.76. The van der Waals surface area contributed by atoms with Gasteiger partial charge >= 0.3 is 0 Å². The summed E-state index contributed by atoms with van der Waals surface area (Å²) >= 11 is 1.70. The molecule has 0 aliphatic heterocycles. The first-order chi connectivity index (χ1) is 13.0. The lowest BCUT2D eigenvalue weighted by molar-refractivity contribution is 0.416. The average molecular weight is 374 g/mol. The molecule has 0 saturated carbocycles. The number of para-hydroxylation sites is 1. The van der Waals surface area contributed by atoms with Gasteiger partial charge in [0.1, 0.15) is 10.8 Å². The highest BCUT2D eigenvalue weighted by Crippen LogP contribution is 2.38. The largest absolute Gasteiger partial charge is 0.496 e. The van der Waals surface area contributed by atoms with Gasteiger partial charge in [-0.2, -0.15) is 0 Å². The van der Waals surface area contributed by atoms with Crippen LogP contribution in [-0.2, 0) is 5.41 Å². The molecule has 1 aromatic heterocycles. The maximum Gasteiger partial charge on any atom is 0.129 e. The van der Waals surface area contributed by atoms with Crippen molar-refractivity contribution in [1.29, 1.82) is 0 Å². The predicted molar refractivity (Wildman–Crippen MR) is 116 cm³/mol. The molecule has 3 heteroatoms. The van der Waals surface area contributed by atoms with Crippen LogP contribution < -0.4 is 4.74 Å². The molecule has 0 atom stereocenters. The minimum Gasteiger partial charge on any atom is -0.496 e. The topological polar surface area (TPSA) is 22.1 Å². The molecule has 0 saturated heterocycles. The summed E-state index contributed by atoms with van der Waals surface area (Å²) in [4.78, 5) is 4.81. The van der Waals surface area contributed by atoms with Crippen molar-refractivity contribution < 1.29 is 4.74 Å². The summed E-state index contributed by atoms with van der Waals surface area (Å²) in [5, 5.41) is 0.987. The van der Waals surface area contributed by atoms with E-state index in [1.165, 1.54) is 21.4 Å². The fourth-order valence-corrected chi connectivity index (χ4v) is 4.19. The molecule has 4 aromatic rings. The summed E-state index contributed by atoms with van der Waals surface area (Å²) in [6.45, 7) is 6.71. The molecular weight excluding hydrogens is 350 g/mol. The van der Waals surface area contributed by atoms with Crippen molar-refractivity contribution in [3.05, 3.63) is 72.3 Å². The molecule has 0 fully saturated rings. The lowest BCUT2D eigenvalue weighted by Crippen LogP contribution is -2.10. The van der Waals surface area contributed by atoms with E-state index < -0.39 is 0 Å². The van der Waals surface area contributed by atoms with E-state index in [0.717, 1.165) is 21.8 Å². The molecule has 4 rings (SSSR count). The maximum absolute atomic E-state index is 5.62. The van der Waals surface area contributed by atoms with Crippen LogP contribution in [0, 0.1) is 0 Å². The first kappa shape index (κ1) is 17.7. The van der Waals surface area contributed by atoms with Crippen LogP contribution in [0.2, 0.25) is 0 Å². The first-order valence-corrected chi connectivity index (χ1v) is 9.92. The number of nitrogens with zero attached hydrogens (tertiary/aromatic N) is 1. The molecule has 27 heavy (non-hydrogen) atoms. The molecule has 0 unspecified atom stereocenters. The fourth-order valence-electron chi connectivity index (χ4n) is 3.20. The van der Waals surface area contributed by atoms with Crippen LogP contribution >= 0.6 is 11.3 Å². The number of hydrogen-bond acceptors (Lipinski definition) is 3. The van der Waals surface area contributed by atoms with Gasteiger partial charge in [0.15, 0.2) is 0 Å². The van der Waals surface area contributed by atoms with E-state index in [4.69, 9.17) is 9.72 Å². The Kier molecular flexibility index (Phi) is 4.48. The number of benzene rings is 3. The van der Waals surface area contributed by atoms with Crippen LogP contribution in [0.5, 0.6) is 5.75 Å². The van der Waals surface area contributed by atoms with Crippen molar-refractivity contribution in [3.63, 3.8) is 0 Å². The van der Waals surface area contributed by atoms with E-state index in [2.05, 4.69) is 75.4 Å². The zero-order valence-corrected chi connectivity index (χ0v) is 16.9. The van der Waals surface area contributed by atoms with Crippen molar-refractivity contribution in [3.8, 4) is 27.4 Å². The third-order valence-electron chi connectivity index (χ3n) is 4.81. The number of thiazole rings is 1. The van der Waals surface area contributed by atoms with E-state index in [0.29, 0.717) is 0 Å². The molecule has 0 aliphatic carbocycles. The molecule has 3 aromatic carbocycles. The first-order valence-electron chi connectivity index (χ1n) is 9.10. The van der Waals surface area contributed by atoms with E-state index >= 15 is 0 Å². The molecule has 0 amide bonds. The van der Waals surface area contributed by atoms with E-state index in [1.54, 1.807) is 18.4 Å². The summed E-state index contributed by atoms with van der Waals surface area (Å²) < 4.78 is 6.81. The minimum absolute atomic E-state index is 0.157. The van der Waals surface area contributed by atoms with Crippen LogP contribution in [0.25, 0.3) is 31.9 Å². The summed E-state index contributed by atoms with van der Waals surface area (Å²) in [5.74, 6) is 0.851. The zero-order valence-electron chi connectivity index (χ0n) is 16.1. The number of ether oxygens (including phenoxy) is 1. The van der Waals surface area contributed by atoms with E-state index in [9.17, 15) is 0 Å². The Morgan fingerprint density at radius 2 is 1.56 bits per heavy atom. The Morgan fingerprint density at radius 3 is 2.22 bits per heavy atom. The molecule has 0 N–H and O–H groups in total. The van der Waals surface area contributed by atoms with E-state index in [1.807, 2.05) is 12.1 Å². The number of aromatic nitrogens is 1. The smallest absolute Gasteiger partial charge is 0.129 e. The second-order valence-electron chi connectivity index (χ2n) is 7.73. The number of methoxy groups -OCH3 is 1. The lowest BCUT2D eigenvalue weighted by Gasteiger charge is -2.19. The number of hydrogen-bond donors (Lipinski definition) is 0. The molecule has 0 aliphatic rings. The highest BCUT2D eigenvalue weighted by atomic mass is 32.1. The van der Waals surface area contributed by atoms with Gasteiger partial charge in [0.05, 0.1) is 22.9 Å². The Labute approximate surface area is 164 Å². The molecule has 136 valence electrons. The van der Waals surface area contributed by atoms with Crippen molar-refractivity contribution in [2.45, 2.75) is 26.2 Å². The summed E-state index contributed by atoms with van der Waals surface area (Å²) in [7, 11) is 1.71. The van der Waals surface area contributed by atoms with Crippen molar-refractivity contribution in [2.24, 2.45) is 0 Å². The van der Waals surface area contributed by atoms with E-state index in [-0.39, 0.29) is 5.41 Å². The Balaban J connectivity index is 1.79. The second kappa shape index (κ2) is 6.82. The van der Waals surface area contributed by atoms with Crippen LogP contribution in [0.3, 0.4) is 0 Å². The monoisotopic (exact) mass is 373 g/mol. The van der Waals surface area contributed by atoms with Gasteiger partial charge in [0, 0.05) is 0 Å². The van der Waals surface area contributed by atoms with Gasteiger partial charge in [0.25, 0.3) is 0 Å². The third kappa shape index (κ3) is 3.47. The molecule has 1 heterocycles. The van der Waals surface area contributed by atoms with Gasteiger partial charge in [-0.1, -0.05) is 63.2 Å². The van der Waals surface area contributed by atoms with Crippen molar-refractivity contribution in [1.82, 2.24) is 4.98 Å². The maximum atomic E-state index is 5.62. The van der Waals surface area contributed by atoms with Gasteiger partial charge in [-0.25, -0.2) is 4.98 Å². The Morgan fingerprint density at radius 1 is 0.852 bits per heavy atom. The number of rotatable bonds is 3. The molecule has 0 spiro atoms. The summed E-state index contributed by atoms with van der Waals surface area (Å²) in [6, 6.07) is 23.4. The van der Waals surface area contributed by atoms with Crippen LogP contribution in [-0.4, -0.2) is 12.1 Å². The Hall–Kier alpha value is -2.65. The van der Waals surface area contributed by atoms with Gasteiger partial charge in [-0.05, 0) is 46.4 Å². The number of fused-ring (bicyclic) bond motifs is 1. The molecular formula is C24H23NOS. The van der Waals surface area contributed by atoms with Crippen LogP contribution in [0.1, 0.15) is 26.3 Å². The summed E-state index contributed by atoms with van der Waals surface area (Å²) in [5.41, 5.74) is 5.94. The Bertz CT molecular complexity index is 1050. The normalized spacial score (nSPS) is 11.7. The fraction of sp³-hybridized carbons (Fsp3) is 0.208. The predicted octanol–water partition coefficient (Wildman–Crippen LogP) is 6.94.